The van der Waals surface area contributed by atoms with Crippen LogP contribution in [0.4, 0.5) is 0 Å². The Hall–Kier alpha value is -1.89. The fourth-order valence-corrected chi connectivity index (χ4v) is 5.04. The van der Waals surface area contributed by atoms with Gasteiger partial charge in [-0.05, 0) is 23.4 Å². The minimum absolute atomic E-state index is 0.0627. The smallest absolute Gasteiger partial charge is 0.263 e. The van der Waals surface area contributed by atoms with Gasteiger partial charge in [0.25, 0.3) is 5.91 Å². The van der Waals surface area contributed by atoms with E-state index in [1.807, 2.05) is 41.8 Å². The number of hydrogen-bond donors (Lipinski definition) is 2. The fraction of sp³-hybridized carbons (Fsp3) is 0.263. The summed E-state index contributed by atoms with van der Waals surface area (Å²) in [6.45, 7) is 4.03. The van der Waals surface area contributed by atoms with Crippen LogP contribution in [0.5, 0.6) is 0 Å². The second-order valence-corrected chi connectivity index (χ2v) is 8.64. The first-order valence-corrected chi connectivity index (χ1v) is 10.3. The zero-order chi connectivity index (χ0) is 18.7. The Morgan fingerprint density at radius 2 is 1.92 bits per heavy atom. The molecule has 3 rings (SSSR count). The molecule has 2 heterocycles. The second-order valence-electron chi connectivity index (χ2n) is 6.23. The van der Waals surface area contributed by atoms with E-state index in [-0.39, 0.29) is 30.3 Å². The molecular formula is C19H19ClN2O2S2. The van der Waals surface area contributed by atoms with Crippen molar-refractivity contribution in [1.82, 2.24) is 10.6 Å². The Morgan fingerprint density at radius 1 is 1.15 bits per heavy atom. The largest absolute Gasteiger partial charge is 0.347 e. The highest BCUT2D eigenvalue weighted by Crippen LogP contribution is 2.35. The fourth-order valence-electron chi connectivity index (χ4n) is 2.66. The third kappa shape index (κ3) is 4.09. The predicted octanol–water partition coefficient (Wildman–Crippen LogP) is 4.86. The minimum atomic E-state index is -0.330. The van der Waals surface area contributed by atoms with Gasteiger partial charge in [-0.1, -0.05) is 49.7 Å². The molecule has 0 aliphatic rings. The van der Waals surface area contributed by atoms with Crippen LogP contribution in [0.2, 0.25) is 5.02 Å². The summed E-state index contributed by atoms with van der Waals surface area (Å²) in [4.78, 5) is 26.3. The molecule has 0 saturated carbocycles. The van der Waals surface area contributed by atoms with Crippen LogP contribution in [0.3, 0.4) is 0 Å². The number of fused-ring (bicyclic) bond motifs is 1. The summed E-state index contributed by atoms with van der Waals surface area (Å²) in [5.41, 5.74) is 0. The van der Waals surface area contributed by atoms with E-state index in [1.54, 1.807) is 11.3 Å². The van der Waals surface area contributed by atoms with E-state index in [4.69, 9.17) is 11.6 Å². The van der Waals surface area contributed by atoms with E-state index < -0.39 is 0 Å². The van der Waals surface area contributed by atoms with Crippen LogP contribution in [-0.2, 0) is 4.79 Å². The first-order chi connectivity index (χ1) is 12.5. The van der Waals surface area contributed by atoms with Crippen molar-refractivity contribution in [3.05, 3.63) is 56.6 Å². The first kappa shape index (κ1) is 18.9. The molecule has 0 bridgehead atoms. The second kappa shape index (κ2) is 8.20. The molecular weight excluding hydrogens is 388 g/mol. The van der Waals surface area contributed by atoms with Crippen molar-refractivity contribution in [2.24, 2.45) is 5.92 Å². The standard InChI is InChI=1S/C19H19ClN2O2S2/c1-11(2)17(14-8-5-9-25-14)22-15(23)10-21-19(24)18-16(20)12-6-3-4-7-13(12)26-18/h3-9,11,17H,10H2,1-2H3,(H,21,24)(H,22,23)/t17-/m1/s1. The van der Waals surface area contributed by atoms with Gasteiger partial charge in [0, 0.05) is 15.0 Å². The third-order valence-corrected chi connectivity index (χ3v) is 6.61. The van der Waals surface area contributed by atoms with E-state index in [9.17, 15) is 9.59 Å². The summed E-state index contributed by atoms with van der Waals surface area (Å²) in [5.74, 6) is -0.295. The number of carbonyl (C=O) groups excluding carboxylic acids is 2. The number of amides is 2. The number of nitrogens with one attached hydrogen (secondary N) is 2. The van der Waals surface area contributed by atoms with Gasteiger partial charge >= 0.3 is 0 Å². The number of halogens is 1. The van der Waals surface area contributed by atoms with E-state index in [0.717, 1.165) is 15.0 Å². The lowest BCUT2D eigenvalue weighted by Gasteiger charge is -2.21. The van der Waals surface area contributed by atoms with Gasteiger partial charge in [-0.25, -0.2) is 0 Å². The molecule has 0 spiro atoms. The highest BCUT2D eigenvalue weighted by Gasteiger charge is 2.21. The van der Waals surface area contributed by atoms with E-state index in [0.29, 0.717) is 9.90 Å². The van der Waals surface area contributed by atoms with Crippen molar-refractivity contribution in [2.45, 2.75) is 19.9 Å². The summed E-state index contributed by atoms with van der Waals surface area (Å²) in [5, 5.41) is 8.94. The molecule has 1 aromatic carbocycles. The van der Waals surface area contributed by atoms with Gasteiger partial charge in [-0.15, -0.1) is 22.7 Å². The molecule has 0 unspecified atom stereocenters. The maximum absolute atomic E-state index is 12.4. The Kier molecular flexibility index (Phi) is 5.96. The van der Waals surface area contributed by atoms with Gasteiger partial charge in [0.1, 0.15) is 4.88 Å². The molecule has 2 N–H and O–H groups in total. The molecule has 1 atom stereocenters. The first-order valence-electron chi connectivity index (χ1n) is 8.25. The van der Waals surface area contributed by atoms with Crippen LogP contribution >= 0.6 is 34.3 Å². The molecule has 2 amide bonds. The van der Waals surface area contributed by atoms with Gasteiger partial charge < -0.3 is 10.6 Å². The van der Waals surface area contributed by atoms with Crippen molar-refractivity contribution in [3.8, 4) is 0 Å². The Morgan fingerprint density at radius 3 is 2.58 bits per heavy atom. The Bertz CT molecular complexity index is 919. The number of thiophene rings is 2. The lowest BCUT2D eigenvalue weighted by atomic mass is 10.0. The van der Waals surface area contributed by atoms with Crippen LogP contribution in [0, 0.1) is 5.92 Å². The summed E-state index contributed by atoms with van der Waals surface area (Å²) >= 11 is 9.25. The number of rotatable bonds is 6. The van der Waals surface area contributed by atoms with Crippen LogP contribution in [-0.4, -0.2) is 18.4 Å². The number of hydrogen-bond acceptors (Lipinski definition) is 4. The van der Waals surface area contributed by atoms with Crippen LogP contribution in [0.15, 0.2) is 41.8 Å². The molecule has 3 aromatic rings. The molecule has 26 heavy (non-hydrogen) atoms. The molecule has 0 fully saturated rings. The van der Waals surface area contributed by atoms with Gasteiger partial charge in [0.15, 0.2) is 0 Å². The molecule has 7 heteroatoms. The van der Waals surface area contributed by atoms with Crippen LogP contribution in [0.25, 0.3) is 10.1 Å². The topological polar surface area (TPSA) is 58.2 Å². The Labute approximate surface area is 165 Å². The van der Waals surface area contributed by atoms with Crippen molar-refractivity contribution in [3.63, 3.8) is 0 Å². The normalized spacial score (nSPS) is 12.3. The van der Waals surface area contributed by atoms with Crippen molar-refractivity contribution in [1.29, 1.82) is 0 Å². The van der Waals surface area contributed by atoms with E-state index >= 15 is 0 Å². The zero-order valence-electron chi connectivity index (χ0n) is 14.4. The highest BCUT2D eigenvalue weighted by molar-refractivity contribution is 7.21. The molecule has 0 aliphatic heterocycles. The third-order valence-electron chi connectivity index (χ3n) is 3.98. The maximum Gasteiger partial charge on any atom is 0.263 e. The average molecular weight is 407 g/mol. The molecule has 0 radical (unpaired) electrons. The average Bonchev–Trinajstić information content (AvgIpc) is 3.26. The monoisotopic (exact) mass is 406 g/mol. The lowest BCUT2D eigenvalue weighted by molar-refractivity contribution is -0.121. The van der Waals surface area contributed by atoms with Crippen molar-refractivity contribution >= 4 is 56.2 Å². The molecule has 136 valence electrons. The summed E-state index contributed by atoms with van der Waals surface area (Å²) < 4.78 is 0.949. The quantitative estimate of drug-likeness (QED) is 0.614. The number of benzene rings is 1. The molecule has 0 saturated heterocycles. The van der Waals surface area contributed by atoms with Gasteiger partial charge in [-0.3, -0.25) is 9.59 Å². The van der Waals surface area contributed by atoms with Crippen molar-refractivity contribution in [2.75, 3.05) is 6.54 Å². The van der Waals surface area contributed by atoms with Crippen LogP contribution in [0.1, 0.15) is 34.4 Å². The lowest BCUT2D eigenvalue weighted by Crippen LogP contribution is -2.39. The summed E-state index contributed by atoms with van der Waals surface area (Å²) in [6.07, 6.45) is 0. The van der Waals surface area contributed by atoms with E-state index in [1.165, 1.54) is 11.3 Å². The molecule has 2 aromatic heterocycles. The zero-order valence-corrected chi connectivity index (χ0v) is 16.8. The number of carbonyl (C=O) groups is 2. The summed E-state index contributed by atoms with van der Waals surface area (Å²) in [7, 11) is 0. The van der Waals surface area contributed by atoms with Crippen molar-refractivity contribution < 1.29 is 9.59 Å². The minimum Gasteiger partial charge on any atom is -0.347 e. The van der Waals surface area contributed by atoms with Gasteiger partial charge in [0.05, 0.1) is 17.6 Å². The maximum atomic E-state index is 12.4. The molecule has 0 aliphatic carbocycles. The van der Waals surface area contributed by atoms with E-state index in [2.05, 4.69) is 24.5 Å². The predicted molar refractivity (Wildman–Crippen MR) is 109 cm³/mol. The SMILES string of the molecule is CC(C)[C@@H](NC(=O)CNC(=O)c1sc2ccccc2c1Cl)c1cccs1. The molecule has 4 nitrogen and oxygen atoms in total. The van der Waals surface area contributed by atoms with Gasteiger partial charge in [0.2, 0.25) is 5.91 Å². The highest BCUT2D eigenvalue weighted by atomic mass is 35.5. The van der Waals surface area contributed by atoms with Gasteiger partial charge in [-0.2, -0.15) is 0 Å². The Balaban J connectivity index is 1.63. The summed E-state index contributed by atoms with van der Waals surface area (Å²) in [6, 6.07) is 11.5. The van der Waals surface area contributed by atoms with Crippen LogP contribution < -0.4 is 10.6 Å².